The van der Waals surface area contributed by atoms with Gasteiger partial charge in [0.2, 0.25) is 0 Å². The van der Waals surface area contributed by atoms with Crippen LogP contribution in [0.15, 0.2) is 35.3 Å². The third-order valence-corrected chi connectivity index (χ3v) is 7.51. The van der Waals surface area contributed by atoms with Crippen LogP contribution in [0.3, 0.4) is 0 Å². The summed E-state index contributed by atoms with van der Waals surface area (Å²) in [6.45, 7) is 1.57. The number of hydrogen-bond donors (Lipinski definition) is 1. The fourth-order valence-electron chi connectivity index (χ4n) is 4.97. The summed E-state index contributed by atoms with van der Waals surface area (Å²) >= 11 is 6.39. The van der Waals surface area contributed by atoms with Crippen LogP contribution >= 0.6 is 11.6 Å². The highest BCUT2D eigenvalue weighted by Gasteiger charge is 2.51. The minimum absolute atomic E-state index is 0.0800. The van der Waals surface area contributed by atoms with Crippen molar-refractivity contribution in [2.24, 2.45) is 4.99 Å². The first-order valence-corrected chi connectivity index (χ1v) is 12.8. The van der Waals surface area contributed by atoms with Gasteiger partial charge in [0.15, 0.2) is 0 Å². The minimum Gasteiger partial charge on any atom is -0.373 e. The molecule has 2 aromatic rings. The van der Waals surface area contributed by atoms with Gasteiger partial charge in [-0.3, -0.25) is 14.7 Å². The van der Waals surface area contributed by atoms with Gasteiger partial charge in [0.1, 0.15) is 17.1 Å². The van der Waals surface area contributed by atoms with Gasteiger partial charge in [-0.2, -0.15) is 13.2 Å². The molecule has 0 atom stereocenters. The number of amides is 1. The molecule has 6 nitrogen and oxygen atoms in total. The Morgan fingerprint density at radius 1 is 1.11 bits per heavy atom. The number of aliphatic imine (C=N–C) groups is 1. The van der Waals surface area contributed by atoms with E-state index < -0.39 is 17.4 Å². The van der Waals surface area contributed by atoms with Crippen molar-refractivity contribution in [3.8, 4) is 0 Å². The van der Waals surface area contributed by atoms with Crippen molar-refractivity contribution in [2.75, 3.05) is 18.0 Å². The molecular weight excluding hydrogens is 493 g/mol. The molecule has 190 valence electrons. The zero-order valence-electron chi connectivity index (χ0n) is 19.6. The van der Waals surface area contributed by atoms with E-state index in [0.29, 0.717) is 60.3 Å². The van der Waals surface area contributed by atoms with Gasteiger partial charge in [-0.15, -0.1) is 0 Å². The van der Waals surface area contributed by atoms with Crippen LogP contribution in [0.4, 0.5) is 18.9 Å². The van der Waals surface area contributed by atoms with Gasteiger partial charge in [0.25, 0.3) is 5.91 Å². The molecule has 6 rings (SSSR count). The number of halogens is 4. The quantitative estimate of drug-likeness (QED) is 0.569. The van der Waals surface area contributed by atoms with E-state index >= 15 is 0 Å². The van der Waals surface area contributed by atoms with Gasteiger partial charge in [0, 0.05) is 22.1 Å². The van der Waals surface area contributed by atoms with Crippen LogP contribution in [0, 0.1) is 0 Å². The van der Waals surface area contributed by atoms with Crippen molar-refractivity contribution in [3.63, 3.8) is 0 Å². The summed E-state index contributed by atoms with van der Waals surface area (Å²) in [4.78, 5) is 24.7. The minimum atomic E-state index is -4.55. The number of piperidine rings is 1. The molecule has 1 saturated heterocycles. The van der Waals surface area contributed by atoms with Gasteiger partial charge in [-0.05, 0) is 75.9 Å². The summed E-state index contributed by atoms with van der Waals surface area (Å²) in [5.41, 5.74) is 0.271. The highest BCUT2D eigenvalue weighted by atomic mass is 35.5. The van der Waals surface area contributed by atoms with Crippen LogP contribution in [-0.2, 0) is 22.3 Å². The van der Waals surface area contributed by atoms with E-state index in [9.17, 15) is 18.0 Å². The van der Waals surface area contributed by atoms with Crippen LogP contribution in [0.25, 0.3) is 0 Å². The Hall–Kier alpha value is -2.49. The molecular formula is C26H26ClF3N4O2. The van der Waals surface area contributed by atoms with Crippen LogP contribution in [0.1, 0.15) is 67.0 Å². The second kappa shape index (κ2) is 8.82. The Balaban J connectivity index is 1.49. The maximum absolute atomic E-state index is 14.1. The monoisotopic (exact) mass is 518 g/mol. The van der Waals surface area contributed by atoms with E-state index in [-0.39, 0.29) is 17.9 Å². The van der Waals surface area contributed by atoms with Gasteiger partial charge in [-0.25, -0.2) is 4.98 Å². The first kappa shape index (κ1) is 23.9. The average Bonchev–Trinajstić information content (AvgIpc) is 3.77. The van der Waals surface area contributed by atoms with Crippen LogP contribution in [0.5, 0.6) is 0 Å². The standard InChI is InChI=1S/C26H26ClF3N4O2/c27-17-4-3-16(14-36-18-5-6-18)20(13-17)34-23(33-25(24(34)35)9-11-31-12-10-25)19-7-8-21(26(28,29)30)32-22(19)15-1-2-15/h3-4,7-8,13,15,18,31H,1-2,5-6,9-12,14H2. The lowest BCUT2D eigenvalue weighted by Crippen LogP contribution is -2.49. The molecule has 2 aliphatic carbocycles. The summed E-state index contributed by atoms with van der Waals surface area (Å²) in [5.74, 6) is 0.0825. The van der Waals surface area contributed by atoms with Gasteiger partial charge < -0.3 is 10.1 Å². The van der Waals surface area contributed by atoms with E-state index in [4.69, 9.17) is 21.3 Å². The van der Waals surface area contributed by atoms with Gasteiger partial charge in [-0.1, -0.05) is 17.7 Å². The predicted octanol–water partition coefficient (Wildman–Crippen LogP) is 5.23. The molecule has 1 spiro atoms. The number of aromatic nitrogens is 1. The lowest BCUT2D eigenvalue weighted by atomic mass is 9.88. The summed E-state index contributed by atoms with van der Waals surface area (Å²) in [5, 5.41) is 3.72. The van der Waals surface area contributed by atoms with Crippen LogP contribution < -0.4 is 10.2 Å². The number of carbonyl (C=O) groups excluding carboxylic acids is 1. The number of rotatable bonds is 6. The SMILES string of the molecule is O=C1N(c2cc(Cl)ccc2COC2CC2)C(c2ccc(C(F)(F)F)nc2C2CC2)=NC12CCNCC2. The number of benzene rings is 1. The molecule has 1 aromatic carbocycles. The number of amidine groups is 1. The first-order chi connectivity index (χ1) is 17.2. The molecule has 4 aliphatic rings. The van der Waals surface area contributed by atoms with E-state index in [1.165, 1.54) is 6.07 Å². The van der Waals surface area contributed by atoms with Gasteiger partial charge in [0.05, 0.1) is 24.1 Å². The van der Waals surface area contributed by atoms with Crippen LogP contribution in [0.2, 0.25) is 5.02 Å². The Bertz CT molecular complexity index is 1230. The number of nitrogens with one attached hydrogen (secondary N) is 1. The van der Waals surface area contributed by atoms with E-state index in [1.54, 1.807) is 17.0 Å². The smallest absolute Gasteiger partial charge is 0.373 e. The van der Waals surface area contributed by atoms with E-state index in [0.717, 1.165) is 37.3 Å². The van der Waals surface area contributed by atoms with Crippen molar-refractivity contribution >= 4 is 29.0 Å². The zero-order chi connectivity index (χ0) is 25.1. The Labute approximate surface area is 211 Å². The zero-order valence-corrected chi connectivity index (χ0v) is 20.3. The first-order valence-electron chi connectivity index (χ1n) is 12.4. The summed E-state index contributed by atoms with van der Waals surface area (Å²) in [6, 6.07) is 7.71. The molecule has 3 heterocycles. The second-order valence-electron chi connectivity index (χ2n) is 10.0. The Kier molecular flexibility index (Phi) is 5.85. The molecule has 0 radical (unpaired) electrons. The summed E-state index contributed by atoms with van der Waals surface area (Å²) in [7, 11) is 0. The van der Waals surface area contributed by atoms with Crippen molar-refractivity contribution in [3.05, 3.63) is 57.9 Å². The molecule has 2 aliphatic heterocycles. The predicted molar refractivity (Wildman–Crippen MR) is 129 cm³/mol. The number of alkyl halides is 3. The number of pyridine rings is 1. The molecule has 1 N–H and O–H groups in total. The fourth-order valence-corrected chi connectivity index (χ4v) is 5.14. The van der Waals surface area contributed by atoms with Crippen molar-refractivity contribution in [2.45, 2.75) is 68.9 Å². The molecule has 0 unspecified atom stereocenters. The van der Waals surface area contributed by atoms with Crippen molar-refractivity contribution in [1.29, 1.82) is 0 Å². The highest BCUT2D eigenvalue weighted by molar-refractivity contribution is 6.33. The Morgan fingerprint density at radius 2 is 1.86 bits per heavy atom. The average molecular weight is 519 g/mol. The fraction of sp³-hybridized carbons (Fsp3) is 0.500. The Morgan fingerprint density at radius 3 is 2.53 bits per heavy atom. The summed E-state index contributed by atoms with van der Waals surface area (Å²) < 4.78 is 46.5. The van der Waals surface area contributed by atoms with E-state index in [1.807, 2.05) is 6.07 Å². The lowest BCUT2D eigenvalue weighted by molar-refractivity contribution is -0.141. The number of ether oxygens (including phenoxy) is 1. The largest absolute Gasteiger partial charge is 0.433 e. The van der Waals surface area contributed by atoms with Gasteiger partial charge >= 0.3 is 6.18 Å². The molecule has 36 heavy (non-hydrogen) atoms. The number of anilines is 1. The number of nitrogens with zero attached hydrogens (tertiary/aromatic N) is 3. The molecule has 10 heteroatoms. The second-order valence-corrected chi connectivity index (χ2v) is 10.5. The molecule has 1 amide bonds. The van der Waals surface area contributed by atoms with Crippen molar-refractivity contribution in [1.82, 2.24) is 10.3 Å². The molecule has 3 fully saturated rings. The number of hydrogen-bond acceptors (Lipinski definition) is 5. The maximum atomic E-state index is 14.1. The normalized spacial score (nSPS) is 21.8. The topological polar surface area (TPSA) is 66.8 Å². The third kappa shape index (κ3) is 4.41. The number of carbonyl (C=O) groups is 1. The van der Waals surface area contributed by atoms with E-state index in [2.05, 4.69) is 10.3 Å². The lowest BCUT2D eigenvalue weighted by Gasteiger charge is -2.31. The third-order valence-electron chi connectivity index (χ3n) is 7.27. The maximum Gasteiger partial charge on any atom is 0.433 e. The van der Waals surface area contributed by atoms with Crippen molar-refractivity contribution < 1.29 is 22.7 Å². The summed E-state index contributed by atoms with van der Waals surface area (Å²) in [6.07, 6.45) is 0.218. The molecule has 0 bridgehead atoms. The molecule has 2 saturated carbocycles. The van der Waals surface area contributed by atoms with Crippen LogP contribution in [-0.4, -0.2) is 41.5 Å². The molecule has 1 aromatic heterocycles. The highest BCUT2D eigenvalue weighted by Crippen LogP contribution is 2.45.